The highest BCUT2D eigenvalue weighted by molar-refractivity contribution is 6.61. The third-order valence-corrected chi connectivity index (χ3v) is 2.33. The van der Waals surface area contributed by atoms with Gasteiger partial charge in [0.2, 0.25) is 0 Å². The minimum absolute atomic E-state index is 0.395. The largest absolute Gasteiger partial charge is 0.452 e. The molecule has 1 heterocycles. The monoisotopic (exact) mass is 206 g/mol. The lowest BCUT2D eigenvalue weighted by Crippen LogP contribution is -2.45. The van der Waals surface area contributed by atoms with Gasteiger partial charge in [-0.3, -0.25) is 4.90 Å². The first-order valence-electron chi connectivity index (χ1n) is 4.41. The van der Waals surface area contributed by atoms with Gasteiger partial charge in [-0.25, -0.2) is 4.79 Å². The number of rotatable bonds is 3. The van der Waals surface area contributed by atoms with Crippen LogP contribution >= 0.6 is 11.6 Å². The van der Waals surface area contributed by atoms with Gasteiger partial charge in [-0.1, -0.05) is 0 Å². The van der Waals surface area contributed by atoms with Crippen LogP contribution in [0.5, 0.6) is 0 Å². The lowest BCUT2D eigenvalue weighted by atomic mass is 10.3. The number of hydrogen-bond acceptors (Lipinski definition) is 4. The van der Waals surface area contributed by atoms with E-state index in [4.69, 9.17) is 11.6 Å². The van der Waals surface area contributed by atoms with Crippen molar-refractivity contribution in [3.63, 3.8) is 0 Å². The van der Waals surface area contributed by atoms with Crippen molar-refractivity contribution in [2.75, 3.05) is 46.4 Å². The van der Waals surface area contributed by atoms with Gasteiger partial charge in [0.15, 0.2) is 0 Å². The molecule has 0 unspecified atom stereocenters. The third-order valence-electron chi connectivity index (χ3n) is 2.22. The molecule has 4 nitrogen and oxygen atoms in total. The second-order valence-electron chi connectivity index (χ2n) is 3.23. The molecule has 76 valence electrons. The Bertz CT molecular complexity index is 170. The maximum atomic E-state index is 10.3. The average molecular weight is 207 g/mol. The zero-order valence-electron chi connectivity index (χ0n) is 7.83. The second kappa shape index (κ2) is 5.42. The fourth-order valence-electron chi connectivity index (χ4n) is 1.33. The summed E-state index contributed by atoms with van der Waals surface area (Å²) in [6, 6.07) is 0. The molecule has 0 aromatic carbocycles. The Kier molecular flexibility index (Phi) is 4.48. The molecule has 0 N–H and O–H groups in total. The molecule has 0 radical (unpaired) electrons. The lowest BCUT2D eigenvalue weighted by molar-refractivity contribution is 0.115. The molecule has 0 aromatic heterocycles. The molecule has 13 heavy (non-hydrogen) atoms. The number of carbonyl (C=O) groups excluding carboxylic acids is 1. The molecule has 0 amide bonds. The van der Waals surface area contributed by atoms with E-state index in [0.29, 0.717) is 6.61 Å². The van der Waals surface area contributed by atoms with E-state index in [2.05, 4.69) is 21.6 Å². The summed E-state index contributed by atoms with van der Waals surface area (Å²) in [4.78, 5) is 14.8. The van der Waals surface area contributed by atoms with Crippen LogP contribution in [0.15, 0.2) is 0 Å². The topological polar surface area (TPSA) is 32.8 Å². The van der Waals surface area contributed by atoms with Gasteiger partial charge in [0.05, 0.1) is 0 Å². The lowest BCUT2D eigenvalue weighted by Gasteiger charge is -2.31. The molecule has 0 bridgehead atoms. The Balaban J connectivity index is 2.05. The molecule has 0 aliphatic carbocycles. The first-order valence-corrected chi connectivity index (χ1v) is 4.79. The number of piperazine rings is 1. The van der Waals surface area contributed by atoms with Crippen molar-refractivity contribution in [2.24, 2.45) is 0 Å². The quantitative estimate of drug-likeness (QED) is 0.634. The van der Waals surface area contributed by atoms with Crippen molar-refractivity contribution in [1.82, 2.24) is 9.80 Å². The van der Waals surface area contributed by atoms with Crippen LogP contribution in [0.2, 0.25) is 0 Å². The van der Waals surface area contributed by atoms with Gasteiger partial charge in [-0.05, 0) is 7.05 Å². The highest BCUT2D eigenvalue weighted by atomic mass is 35.5. The van der Waals surface area contributed by atoms with Crippen molar-refractivity contribution >= 4 is 17.0 Å². The molecular weight excluding hydrogens is 192 g/mol. The predicted octanol–water partition coefficient (Wildman–Crippen LogP) is 0.609. The zero-order chi connectivity index (χ0) is 9.68. The molecule has 1 saturated heterocycles. The predicted molar refractivity (Wildman–Crippen MR) is 51.1 cm³/mol. The number of hydrogen-bond donors (Lipinski definition) is 0. The van der Waals surface area contributed by atoms with Gasteiger partial charge in [-0.15, -0.1) is 0 Å². The molecule has 0 atom stereocenters. The molecule has 1 fully saturated rings. The number of halogens is 1. The van der Waals surface area contributed by atoms with E-state index < -0.39 is 5.43 Å². The van der Waals surface area contributed by atoms with Crippen LogP contribution in [0, 0.1) is 0 Å². The van der Waals surface area contributed by atoms with E-state index >= 15 is 0 Å². The summed E-state index contributed by atoms with van der Waals surface area (Å²) in [7, 11) is 2.11. The molecule has 1 aliphatic heterocycles. The van der Waals surface area contributed by atoms with Crippen molar-refractivity contribution in [3.05, 3.63) is 0 Å². The fraction of sp³-hybridized carbons (Fsp3) is 0.875. The van der Waals surface area contributed by atoms with Crippen molar-refractivity contribution < 1.29 is 9.53 Å². The Hall–Kier alpha value is -0.320. The molecule has 0 spiro atoms. The number of nitrogens with zero attached hydrogens (tertiary/aromatic N) is 2. The summed E-state index contributed by atoms with van der Waals surface area (Å²) < 4.78 is 4.64. The van der Waals surface area contributed by atoms with Gasteiger partial charge in [0, 0.05) is 44.3 Å². The van der Waals surface area contributed by atoms with E-state index in [-0.39, 0.29) is 0 Å². The Labute approximate surface area is 83.4 Å². The van der Waals surface area contributed by atoms with Gasteiger partial charge in [-0.2, -0.15) is 0 Å². The summed E-state index contributed by atoms with van der Waals surface area (Å²) in [5.41, 5.74) is -0.714. The normalized spacial score (nSPS) is 20.2. The first-order chi connectivity index (χ1) is 6.18. The van der Waals surface area contributed by atoms with Gasteiger partial charge >= 0.3 is 5.43 Å². The molecule has 0 saturated carbocycles. The van der Waals surface area contributed by atoms with Crippen LogP contribution in [-0.4, -0.2) is 61.6 Å². The van der Waals surface area contributed by atoms with Gasteiger partial charge < -0.3 is 9.64 Å². The van der Waals surface area contributed by atoms with E-state index in [0.717, 1.165) is 32.7 Å². The summed E-state index contributed by atoms with van der Waals surface area (Å²) in [6.07, 6.45) is 0. The molecule has 1 rings (SSSR count). The summed E-state index contributed by atoms with van der Waals surface area (Å²) in [5.74, 6) is 0. The van der Waals surface area contributed by atoms with Crippen LogP contribution in [0.3, 0.4) is 0 Å². The van der Waals surface area contributed by atoms with Crippen LogP contribution in [-0.2, 0) is 4.74 Å². The minimum Gasteiger partial charge on any atom is -0.452 e. The van der Waals surface area contributed by atoms with Crippen LogP contribution in [0.25, 0.3) is 0 Å². The second-order valence-corrected chi connectivity index (χ2v) is 3.54. The van der Waals surface area contributed by atoms with Crippen LogP contribution in [0.4, 0.5) is 4.79 Å². The van der Waals surface area contributed by atoms with E-state index in [1.165, 1.54) is 0 Å². The van der Waals surface area contributed by atoms with Crippen molar-refractivity contribution in [1.29, 1.82) is 0 Å². The van der Waals surface area contributed by atoms with E-state index in [9.17, 15) is 4.79 Å². The molecule has 0 aromatic rings. The smallest absolute Gasteiger partial charge is 0.403 e. The maximum absolute atomic E-state index is 10.3. The summed E-state index contributed by atoms with van der Waals surface area (Å²) in [5, 5.41) is 0. The Morgan fingerprint density at radius 3 is 2.54 bits per heavy atom. The average Bonchev–Trinajstić information content (AvgIpc) is 2.08. The van der Waals surface area contributed by atoms with Gasteiger partial charge in [0.1, 0.15) is 6.61 Å². The highest BCUT2D eigenvalue weighted by Crippen LogP contribution is 1.98. The highest BCUT2D eigenvalue weighted by Gasteiger charge is 2.13. The summed E-state index contributed by atoms with van der Waals surface area (Å²) >= 11 is 5.03. The molecule has 1 aliphatic rings. The molecule has 5 heteroatoms. The number of carbonyl (C=O) groups is 1. The van der Waals surface area contributed by atoms with Crippen LogP contribution in [0.1, 0.15) is 0 Å². The first kappa shape index (κ1) is 10.8. The third kappa shape index (κ3) is 4.45. The SMILES string of the molecule is CN1CCN(CCOC(=O)Cl)CC1. The van der Waals surface area contributed by atoms with Gasteiger partial charge in [0.25, 0.3) is 0 Å². The minimum atomic E-state index is -0.714. The zero-order valence-corrected chi connectivity index (χ0v) is 8.59. The van der Waals surface area contributed by atoms with Crippen molar-refractivity contribution in [2.45, 2.75) is 0 Å². The summed E-state index contributed by atoms with van der Waals surface area (Å²) in [6.45, 7) is 5.41. The number of likely N-dealkylation sites (N-methyl/N-ethyl adjacent to an activating group) is 1. The Morgan fingerprint density at radius 2 is 2.00 bits per heavy atom. The Morgan fingerprint density at radius 1 is 1.38 bits per heavy atom. The fourth-order valence-corrected chi connectivity index (χ4v) is 1.40. The maximum Gasteiger partial charge on any atom is 0.403 e. The standard InChI is InChI=1S/C8H15ClN2O2/c1-10-2-4-11(5-3-10)6-7-13-8(9)12/h2-7H2,1H3. The molecular formula is C8H15ClN2O2. The van der Waals surface area contributed by atoms with E-state index in [1.807, 2.05) is 0 Å². The van der Waals surface area contributed by atoms with Crippen molar-refractivity contribution in [3.8, 4) is 0 Å². The van der Waals surface area contributed by atoms with E-state index in [1.54, 1.807) is 0 Å². The number of ether oxygens (including phenoxy) is 1. The van der Waals surface area contributed by atoms with Crippen LogP contribution < -0.4 is 0 Å².